The number of nitrogens with two attached hydrogens (primary N) is 1. The van der Waals surface area contributed by atoms with Crippen molar-refractivity contribution in [3.63, 3.8) is 0 Å². The monoisotopic (exact) mass is 266 g/mol. The molecule has 0 fully saturated rings. The number of nitrogens with zero attached hydrogens (tertiary/aromatic N) is 2. The highest BCUT2D eigenvalue weighted by Gasteiger charge is 2.14. The van der Waals surface area contributed by atoms with E-state index in [-0.39, 0.29) is 5.91 Å². The highest BCUT2D eigenvalue weighted by atomic mass is 32.2. The summed E-state index contributed by atoms with van der Waals surface area (Å²) in [6.45, 7) is 1.74. The first-order chi connectivity index (χ1) is 8.61. The lowest BCUT2D eigenvalue weighted by atomic mass is 10.2. The number of rotatable bonds is 4. The number of hydrogen-bond acceptors (Lipinski definition) is 5. The molecule has 0 saturated carbocycles. The Hall–Kier alpha value is -1.73. The van der Waals surface area contributed by atoms with Crippen LogP contribution in [0.15, 0.2) is 28.0 Å². The SMILES string of the molecule is Cc1oc(CSc2nccn2C)cc1C(=O)NN. The van der Waals surface area contributed by atoms with Gasteiger partial charge in [-0.25, -0.2) is 10.8 Å². The van der Waals surface area contributed by atoms with Gasteiger partial charge in [0.25, 0.3) is 5.91 Å². The molecule has 2 heterocycles. The standard InChI is InChI=1S/C11H14N4O2S/c1-7-9(10(16)14-12)5-8(17-7)6-18-11-13-3-4-15(11)2/h3-5H,6,12H2,1-2H3,(H,14,16). The maximum absolute atomic E-state index is 11.4. The third-order valence-electron chi connectivity index (χ3n) is 2.47. The van der Waals surface area contributed by atoms with Gasteiger partial charge >= 0.3 is 0 Å². The molecule has 0 atom stereocenters. The molecule has 7 heteroatoms. The zero-order valence-electron chi connectivity index (χ0n) is 10.1. The summed E-state index contributed by atoms with van der Waals surface area (Å²) in [4.78, 5) is 15.6. The molecule has 0 bridgehead atoms. The molecule has 18 heavy (non-hydrogen) atoms. The van der Waals surface area contributed by atoms with Gasteiger partial charge in [0, 0.05) is 19.4 Å². The highest BCUT2D eigenvalue weighted by Crippen LogP contribution is 2.23. The molecule has 0 saturated heterocycles. The number of amides is 1. The number of nitrogens with one attached hydrogen (secondary N) is 1. The topological polar surface area (TPSA) is 86.1 Å². The van der Waals surface area contributed by atoms with E-state index in [1.165, 1.54) is 0 Å². The quantitative estimate of drug-likeness (QED) is 0.376. The molecule has 96 valence electrons. The molecule has 2 aromatic heterocycles. The Morgan fingerprint density at radius 1 is 1.67 bits per heavy atom. The fourth-order valence-electron chi connectivity index (χ4n) is 1.54. The number of carbonyl (C=O) groups excluding carboxylic acids is 1. The number of carbonyl (C=O) groups is 1. The molecule has 3 N–H and O–H groups in total. The maximum Gasteiger partial charge on any atom is 0.268 e. The lowest BCUT2D eigenvalue weighted by Crippen LogP contribution is -2.30. The fourth-order valence-corrected chi connectivity index (χ4v) is 2.36. The molecule has 6 nitrogen and oxygen atoms in total. The molecule has 1 amide bonds. The van der Waals surface area contributed by atoms with E-state index in [2.05, 4.69) is 10.4 Å². The molecule has 2 rings (SSSR count). The third kappa shape index (κ3) is 2.57. The van der Waals surface area contributed by atoms with E-state index in [0.29, 0.717) is 17.1 Å². The summed E-state index contributed by atoms with van der Waals surface area (Å²) in [5.74, 6) is 6.65. The Bertz CT molecular complexity index is 561. The zero-order chi connectivity index (χ0) is 13.1. The minimum atomic E-state index is -0.343. The molecule has 0 aromatic carbocycles. The number of aryl methyl sites for hydroxylation is 2. The van der Waals surface area contributed by atoms with Gasteiger partial charge < -0.3 is 8.98 Å². The second-order valence-corrected chi connectivity index (χ2v) is 4.71. The summed E-state index contributed by atoms with van der Waals surface area (Å²) in [6.07, 6.45) is 3.62. The van der Waals surface area contributed by atoms with Gasteiger partial charge in [0.05, 0.1) is 11.3 Å². The van der Waals surface area contributed by atoms with Crippen molar-refractivity contribution >= 4 is 17.7 Å². The minimum absolute atomic E-state index is 0.343. The second kappa shape index (κ2) is 5.28. The van der Waals surface area contributed by atoms with E-state index in [9.17, 15) is 4.79 Å². The summed E-state index contributed by atoms with van der Waals surface area (Å²) in [6, 6.07) is 1.70. The number of furan rings is 1. The first-order valence-electron chi connectivity index (χ1n) is 5.32. The Morgan fingerprint density at radius 3 is 3.06 bits per heavy atom. The lowest BCUT2D eigenvalue weighted by Gasteiger charge is -1.98. The largest absolute Gasteiger partial charge is 0.465 e. The summed E-state index contributed by atoms with van der Waals surface area (Å²) in [5.41, 5.74) is 2.56. The van der Waals surface area contributed by atoms with Crippen molar-refractivity contribution in [3.05, 3.63) is 35.5 Å². The van der Waals surface area contributed by atoms with Gasteiger partial charge in [-0.2, -0.15) is 0 Å². The number of hydrazine groups is 1. The van der Waals surface area contributed by atoms with Crippen LogP contribution in [0.1, 0.15) is 21.9 Å². The first kappa shape index (κ1) is 12.7. The van der Waals surface area contributed by atoms with E-state index >= 15 is 0 Å². The van der Waals surface area contributed by atoms with Crippen molar-refractivity contribution in [1.82, 2.24) is 15.0 Å². The fraction of sp³-hybridized carbons (Fsp3) is 0.273. The van der Waals surface area contributed by atoms with Gasteiger partial charge in [0.15, 0.2) is 5.16 Å². The average molecular weight is 266 g/mol. The van der Waals surface area contributed by atoms with Gasteiger partial charge in [-0.1, -0.05) is 11.8 Å². The van der Waals surface area contributed by atoms with Crippen LogP contribution >= 0.6 is 11.8 Å². The highest BCUT2D eigenvalue weighted by molar-refractivity contribution is 7.98. The van der Waals surface area contributed by atoms with E-state index < -0.39 is 0 Å². The molecule has 0 spiro atoms. The first-order valence-corrected chi connectivity index (χ1v) is 6.30. The van der Waals surface area contributed by atoms with Crippen molar-refractivity contribution in [2.75, 3.05) is 0 Å². The van der Waals surface area contributed by atoms with Crippen molar-refractivity contribution in [3.8, 4) is 0 Å². The maximum atomic E-state index is 11.4. The van der Waals surface area contributed by atoms with Crippen LogP contribution in [0.4, 0.5) is 0 Å². The number of nitrogen functional groups attached to an aromatic ring is 1. The van der Waals surface area contributed by atoms with Crippen LogP contribution in [0.3, 0.4) is 0 Å². The Balaban J connectivity index is 2.07. The van der Waals surface area contributed by atoms with Gasteiger partial charge in [-0.05, 0) is 13.0 Å². The lowest BCUT2D eigenvalue weighted by molar-refractivity contribution is 0.0952. The van der Waals surface area contributed by atoms with Crippen LogP contribution in [-0.4, -0.2) is 15.5 Å². The van der Waals surface area contributed by atoms with Crippen LogP contribution in [0.25, 0.3) is 0 Å². The Labute approximate surface area is 109 Å². The number of thioether (sulfide) groups is 1. The smallest absolute Gasteiger partial charge is 0.268 e. The zero-order valence-corrected chi connectivity index (χ0v) is 11.0. The molecule has 0 aliphatic heterocycles. The van der Waals surface area contributed by atoms with Gasteiger partial charge in [0.1, 0.15) is 11.5 Å². The van der Waals surface area contributed by atoms with Crippen LogP contribution < -0.4 is 11.3 Å². The van der Waals surface area contributed by atoms with Gasteiger partial charge in [-0.3, -0.25) is 10.2 Å². The summed E-state index contributed by atoms with van der Waals surface area (Å²) in [7, 11) is 1.93. The predicted molar refractivity (Wildman–Crippen MR) is 67.9 cm³/mol. The van der Waals surface area contributed by atoms with Gasteiger partial charge in [0.2, 0.25) is 0 Å². The van der Waals surface area contributed by atoms with Crippen LogP contribution in [0.5, 0.6) is 0 Å². The molecular formula is C11H14N4O2S. The minimum Gasteiger partial charge on any atom is -0.465 e. The second-order valence-electron chi connectivity index (χ2n) is 3.77. The van der Waals surface area contributed by atoms with E-state index in [4.69, 9.17) is 10.3 Å². The summed E-state index contributed by atoms with van der Waals surface area (Å²) in [5, 5.41) is 0.897. The van der Waals surface area contributed by atoms with Crippen molar-refractivity contribution in [2.24, 2.45) is 12.9 Å². The predicted octanol–water partition coefficient (Wildman–Crippen LogP) is 1.22. The molecule has 0 unspecified atom stereocenters. The Kier molecular flexibility index (Phi) is 3.73. The van der Waals surface area contributed by atoms with Crippen LogP contribution in [0.2, 0.25) is 0 Å². The van der Waals surface area contributed by atoms with Crippen molar-refractivity contribution in [1.29, 1.82) is 0 Å². The third-order valence-corrected chi connectivity index (χ3v) is 3.55. The molecule has 0 aliphatic rings. The van der Waals surface area contributed by atoms with E-state index in [1.54, 1.807) is 30.9 Å². The number of aromatic nitrogens is 2. The number of imidazole rings is 1. The van der Waals surface area contributed by atoms with Gasteiger partial charge in [-0.15, -0.1) is 0 Å². The summed E-state index contributed by atoms with van der Waals surface area (Å²) < 4.78 is 7.43. The number of hydrogen-bond donors (Lipinski definition) is 2. The van der Waals surface area contributed by atoms with Crippen LogP contribution in [-0.2, 0) is 12.8 Å². The summed E-state index contributed by atoms with van der Waals surface area (Å²) >= 11 is 1.54. The van der Waals surface area contributed by atoms with Crippen LogP contribution in [0, 0.1) is 6.92 Å². The molecule has 2 aromatic rings. The molecule has 0 radical (unpaired) electrons. The van der Waals surface area contributed by atoms with E-state index in [0.717, 1.165) is 10.9 Å². The normalized spacial score (nSPS) is 10.6. The Morgan fingerprint density at radius 2 is 2.44 bits per heavy atom. The molecule has 0 aliphatic carbocycles. The molecular weight excluding hydrogens is 252 g/mol. The van der Waals surface area contributed by atoms with E-state index in [1.807, 2.05) is 17.8 Å². The average Bonchev–Trinajstić information content (AvgIpc) is 2.92. The van der Waals surface area contributed by atoms with Crippen molar-refractivity contribution < 1.29 is 9.21 Å². The van der Waals surface area contributed by atoms with Crippen molar-refractivity contribution in [2.45, 2.75) is 17.8 Å².